The zero-order chi connectivity index (χ0) is 23.8. The lowest BCUT2D eigenvalue weighted by Crippen LogP contribution is -2.41. The Morgan fingerprint density at radius 1 is 0.970 bits per heavy atom. The van der Waals surface area contributed by atoms with Gasteiger partial charge in [0.2, 0.25) is 5.91 Å². The van der Waals surface area contributed by atoms with E-state index in [1.54, 1.807) is 30.0 Å². The van der Waals surface area contributed by atoms with Crippen LogP contribution in [0.4, 0.5) is 5.69 Å². The molecule has 33 heavy (non-hydrogen) atoms. The Morgan fingerprint density at radius 2 is 1.61 bits per heavy atom. The summed E-state index contributed by atoms with van der Waals surface area (Å²) in [5, 5.41) is 3.36. The molecule has 3 aromatic rings. The third-order valence-electron chi connectivity index (χ3n) is 4.69. The van der Waals surface area contributed by atoms with Crippen LogP contribution >= 0.6 is 35.0 Å². The molecule has 174 valence electrons. The number of carbonyl (C=O) groups is 1. The molecule has 0 saturated carbocycles. The van der Waals surface area contributed by atoms with E-state index in [-0.39, 0.29) is 27.2 Å². The summed E-state index contributed by atoms with van der Waals surface area (Å²) in [5.74, 6) is 0.421. The normalized spacial score (nSPS) is 11.2. The standard InChI is InChI=1S/C24H24Cl2N2O3S2/c1-18-8-10-22(11-9-18)32-13-5-12-27-24(29)17-28(21-15-19(25)14-20(26)16-21)33(30,31)23-6-3-2-4-7-23/h2-4,6-11,14-16H,5,12-13,17H2,1H3,(H,27,29). The predicted molar refractivity (Wildman–Crippen MR) is 137 cm³/mol. The maximum atomic E-state index is 13.3. The summed E-state index contributed by atoms with van der Waals surface area (Å²) in [6, 6.07) is 20.7. The lowest BCUT2D eigenvalue weighted by atomic mass is 10.2. The fourth-order valence-corrected chi connectivity index (χ4v) is 5.82. The Labute approximate surface area is 209 Å². The van der Waals surface area contributed by atoms with E-state index in [1.165, 1.54) is 40.8 Å². The number of halogens is 2. The number of carbonyl (C=O) groups excluding carboxylic acids is 1. The zero-order valence-corrected chi connectivity index (χ0v) is 21.1. The van der Waals surface area contributed by atoms with Crippen molar-refractivity contribution in [3.63, 3.8) is 0 Å². The predicted octanol–water partition coefficient (Wildman–Crippen LogP) is 5.80. The molecule has 5 nitrogen and oxygen atoms in total. The van der Waals surface area contributed by atoms with E-state index >= 15 is 0 Å². The molecular formula is C24H24Cl2N2O3S2. The number of rotatable bonds is 10. The summed E-state index contributed by atoms with van der Waals surface area (Å²) in [6.07, 6.45) is 0.749. The Bertz CT molecular complexity index is 1170. The van der Waals surface area contributed by atoms with Gasteiger partial charge in [0.1, 0.15) is 6.54 Å². The second-order valence-corrected chi connectivity index (χ2v) is 11.2. The monoisotopic (exact) mass is 522 g/mol. The van der Waals surface area contributed by atoms with E-state index in [0.717, 1.165) is 16.5 Å². The first kappa shape index (κ1) is 25.4. The second-order valence-electron chi connectivity index (χ2n) is 7.32. The van der Waals surface area contributed by atoms with Gasteiger partial charge in [-0.05, 0) is 61.6 Å². The molecule has 0 fully saturated rings. The molecule has 0 aliphatic carbocycles. The molecule has 0 saturated heterocycles. The molecule has 0 heterocycles. The van der Waals surface area contributed by atoms with Gasteiger partial charge in [0, 0.05) is 21.5 Å². The van der Waals surface area contributed by atoms with E-state index in [2.05, 4.69) is 29.6 Å². The van der Waals surface area contributed by atoms with E-state index < -0.39 is 15.9 Å². The van der Waals surface area contributed by atoms with Crippen molar-refractivity contribution >= 4 is 56.6 Å². The number of anilines is 1. The molecular weight excluding hydrogens is 499 g/mol. The molecule has 3 rings (SSSR count). The van der Waals surface area contributed by atoms with Gasteiger partial charge >= 0.3 is 0 Å². The van der Waals surface area contributed by atoms with Crippen molar-refractivity contribution in [2.75, 3.05) is 23.1 Å². The highest BCUT2D eigenvalue weighted by Crippen LogP contribution is 2.29. The number of thioether (sulfide) groups is 1. The lowest BCUT2D eigenvalue weighted by molar-refractivity contribution is -0.119. The van der Waals surface area contributed by atoms with Crippen LogP contribution in [0.15, 0.2) is 82.6 Å². The van der Waals surface area contributed by atoms with Gasteiger partial charge in [-0.15, -0.1) is 11.8 Å². The number of aryl methyl sites for hydroxylation is 1. The van der Waals surface area contributed by atoms with Crippen LogP contribution in [0.3, 0.4) is 0 Å². The summed E-state index contributed by atoms with van der Waals surface area (Å²) < 4.78 is 27.6. The molecule has 3 aromatic carbocycles. The van der Waals surface area contributed by atoms with Gasteiger partial charge in [0.25, 0.3) is 10.0 Å². The lowest BCUT2D eigenvalue weighted by Gasteiger charge is -2.24. The highest BCUT2D eigenvalue weighted by molar-refractivity contribution is 7.99. The van der Waals surface area contributed by atoms with E-state index in [0.29, 0.717) is 6.54 Å². The number of hydrogen-bond acceptors (Lipinski definition) is 4. The minimum Gasteiger partial charge on any atom is -0.354 e. The molecule has 0 bridgehead atoms. The van der Waals surface area contributed by atoms with E-state index in [1.807, 2.05) is 6.92 Å². The molecule has 0 radical (unpaired) electrons. The van der Waals surface area contributed by atoms with Crippen LogP contribution in [-0.4, -0.2) is 33.2 Å². The molecule has 0 spiro atoms. The molecule has 0 atom stereocenters. The highest BCUT2D eigenvalue weighted by Gasteiger charge is 2.27. The number of hydrogen-bond donors (Lipinski definition) is 1. The number of amides is 1. The Balaban J connectivity index is 1.65. The fraction of sp³-hybridized carbons (Fsp3) is 0.208. The van der Waals surface area contributed by atoms with E-state index in [4.69, 9.17) is 23.2 Å². The molecule has 9 heteroatoms. The number of benzene rings is 3. The topological polar surface area (TPSA) is 66.5 Å². The quantitative estimate of drug-likeness (QED) is 0.270. The Morgan fingerprint density at radius 3 is 2.24 bits per heavy atom. The first-order valence-corrected chi connectivity index (χ1v) is 13.4. The van der Waals surface area contributed by atoms with Crippen LogP contribution in [-0.2, 0) is 14.8 Å². The van der Waals surface area contributed by atoms with Crippen molar-refractivity contribution < 1.29 is 13.2 Å². The Hall–Kier alpha value is -2.19. The van der Waals surface area contributed by atoms with Crippen LogP contribution in [0, 0.1) is 6.92 Å². The van der Waals surface area contributed by atoms with Crippen molar-refractivity contribution in [1.29, 1.82) is 0 Å². The zero-order valence-electron chi connectivity index (χ0n) is 18.0. The smallest absolute Gasteiger partial charge is 0.264 e. The summed E-state index contributed by atoms with van der Waals surface area (Å²) in [6.45, 7) is 2.09. The molecule has 1 amide bonds. The van der Waals surface area contributed by atoms with Crippen LogP contribution < -0.4 is 9.62 Å². The minimum atomic E-state index is -4.01. The van der Waals surface area contributed by atoms with Crippen LogP contribution in [0.5, 0.6) is 0 Å². The third kappa shape index (κ3) is 7.40. The number of sulfonamides is 1. The van der Waals surface area contributed by atoms with Crippen molar-refractivity contribution in [1.82, 2.24) is 5.32 Å². The van der Waals surface area contributed by atoms with Crippen molar-refractivity contribution in [2.24, 2.45) is 0 Å². The maximum absolute atomic E-state index is 13.3. The first-order valence-electron chi connectivity index (χ1n) is 10.3. The SMILES string of the molecule is Cc1ccc(SCCCNC(=O)CN(c2cc(Cl)cc(Cl)c2)S(=O)(=O)c2ccccc2)cc1. The largest absolute Gasteiger partial charge is 0.354 e. The van der Waals surface area contributed by atoms with Gasteiger partial charge in [0.05, 0.1) is 10.6 Å². The fourth-order valence-electron chi connectivity index (χ4n) is 3.03. The highest BCUT2D eigenvalue weighted by atomic mass is 35.5. The van der Waals surface area contributed by atoms with Crippen molar-refractivity contribution in [2.45, 2.75) is 23.1 Å². The molecule has 1 N–H and O–H groups in total. The first-order chi connectivity index (χ1) is 15.8. The van der Waals surface area contributed by atoms with E-state index in [9.17, 15) is 13.2 Å². The summed E-state index contributed by atoms with van der Waals surface area (Å²) in [4.78, 5) is 13.9. The van der Waals surface area contributed by atoms with Crippen LogP contribution in [0.25, 0.3) is 0 Å². The van der Waals surface area contributed by atoms with Gasteiger partial charge in [0.15, 0.2) is 0 Å². The Kier molecular flexibility index (Phi) is 9.09. The number of nitrogens with one attached hydrogen (secondary N) is 1. The molecule has 0 aromatic heterocycles. The average molecular weight is 524 g/mol. The van der Waals surface area contributed by atoms with Crippen LogP contribution in [0.1, 0.15) is 12.0 Å². The van der Waals surface area contributed by atoms with Gasteiger partial charge in [-0.3, -0.25) is 9.10 Å². The third-order valence-corrected chi connectivity index (χ3v) is 8.01. The summed E-state index contributed by atoms with van der Waals surface area (Å²) >= 11 is 13.9. The summed E-state index contributed by atoms with van der Waals surface area (Å²) in [7, 11) is -4.01. The van der Waals surface area contributed by atoms with Crippen molar-refractivity contribution in [3.05, 3.63) is 88.4 Å². The van der Waals surface area contributed by atoms with Gasteiger partial charge in [-0.1, -0.05) is 59.1 Å². The van der Waals surface area contributed by atoms with Gasteiger partial charge < -0.3 is 5.32 Å². The van der Waals surface area contributed by atoms with Crippen LogP contribution in [0.2, 0.25) is 10.0 Å². The minimum absolute atomic E-state index is 0.0726. The maximum Gasteiger partial charge on any atom is 0.264 e. The van der Waals surface area contributed by atoms with Gasteiger partial charge in [-0.2, -0.15) is 0 Å². The van der Waals surface area contributed by atoms with Gasteiger partial charge in [-0.25, -0.2) is 8.42 Å². The second kappa shape index (κ2) is 11.8. The molecule has 0 aliphatic heterocycles. The molecule has 0 aliphatic rings. The molecule has 0 unspecified atom stereocenters. The van der Waals surface area contributed by atoms with Crippen molar-refractivity contribution in [3.8, 4) is 0 Å². The summed E-state index contributed by atoms with van der Waals surface area (Å²) in [5.41, 5.74) is 1.43. The average Bonchev–Trinajstić information content (AvgIpc) is 2.78. The number of nitrogens with zero attached hydrogens (tertiary/aromatic N) is 1.